The Morgan fingerprint density at radius 2 is 1.61 bits per heavy atom. The number of unbranched alkanes of at least 4 members (excludes halogenated alkanes) is 6. The number of carboxylic acids is 1. The molecular formula is C35H45FO5. The molecule has 1 aliphatic carbocycles. The molecule has 0 saturated carbocycles. The summed E-state index contributed by atoms with van der Waals surface area (Å²) in [5.74, 6) is -2.28. The summed E-state index contributed by atoms with van der Waals surface area (Å²) in [5, 5.41) is 10.3. The molecule has 1 N–H and O–H groups in total. The molecule has 0 bridgehead atoms. The van der Waals surface area contributed by atoms with E-state index in [1.165, 1.54) is 56.4 Å². The average Bonchev–Trinajstić information content (AvgIpc) is 2.94. The van der Waals surface area contributed by atoms with Gasteiger partial charge < -0.3 is 14.6 Å². The second kappa shape index (κ2) is 15.6. The van der Waals surface area contributed by atoms with Gasteiger partial charge in [0.25, 0.3) is 0 Å². The molecule has 0 saturated heterocycles. The molecule has 2 aromatic rings. The summed E-state index contributed by atoms with van der Waals surface area (Å²) in [5.41, 5.74) is -1.22. The minimum Gasteiger partial charge on any atom is -0.494 e. The summed E-state index contributed by atoms with van der Waals surface area (Å²) < 4.78 is 27.4. The molecule has 0 radical (unpaired) electrons. The highest BCUT2D eigenvalue weighted by Crippen LogP contribution is 2.43. The lowest BCUT2D eigenvalue weighted by Crippen LogP contribution is -2.38. The smallest absolute Gasteiger partial charge is 0.338 e. The molecule has 0 aromatic heterocycles. The van der Waals surface area contributed by atoms with Gasteiger partial charge in [0.05, 0.1) is 18.3 Å². The molecule has 2 aromatic carbocycles. The quantitative estimate of drug-likeness (QED) is 0.125. The van der Waals surface area contributed by atoms with Crippen LogP contribution in [0.25, 0.3) is 0 Å². The summed E-state index contributed by atoms with van der Waals surface area (Å²) in [7, 11) is 0. The first-order chi connectivity index (χ1) is 19.7. The molecule has 0 aliphatic heterocycles. The number of allylic oxidation sites excluding steroid dienone is 2. The van der Waals surface area contributed by atoms with E-state index >= 15 is 4.39 Å². The number of halogens is 1. The maximum atomic E-state index is 15.9. The van der Waals surface area contributed by atoms with E-state index in [0.29, 0.717) is 18.9 Å². The van der Waals surface area contributed by atoms with Crippen molar-refractivity contribution < 1.29 is 28.6 Å². The van der Waals surface area contributed by atoms with Crippen LogP contribution in [0.4, 0.5) is 4.39 Å². The van der Waals surface area contributed by atoms with Crippen LogP contribution < -0.4 is 4.74 Å². The third-order valence-electron chi connectivity index (χ3n) is 7.56. The lowest BCUT2D eigenvalue weighted by molar-refractivity contribution is -0.141. The van der Waals surface area contributed by atoms with Crippen molar-refractivity contribution >= 4 is 11.9 Å². The van der Waals surface area contributed by atoms with Crippen molar-refractivity contribution in [3.63, 3.8) is 0 Å². The van der Waals surface area contributed by atoms with Crippen molar-refractivity contribution in [1.29, 1.82) is 0 Å². The van der Waals surface area contributed by atoms with Gasteiger partial charge in [-0.25, -0.2) is 9.18 Å². The van der Waals surface area contributed by atoms with E-state index in [0.717, 1.165) is 24.2 Å². The standard InChI is InChI=1S/C35H45FO5/c1-5-6-7-8-9-10-13-22-40-29-18-16-27(17-19-29)28-20-21-35(34(38)39,32(36)24-28)31-15-12-11-14-30(31)33(37)41-26(4)23-25(2)3/h11-12,14-21,24-26,28H,5-10,13,22-23H2,1-4H3,(H,38,39). The first-order valence-corrected chi connectivity index (χ1v) is 15.0. The van der Waals surface area contributed by atoms with Gasteiger partial charge >= 0.3 is 11.9 Å². The van der Waals surface area contributed by atoms with E-state index in [1.54, 1.807) is 25.1 Å². The predicted octanol–water partition coefficient (Wildman–Crippen LogP) is 8.94. The van der Waals surface area contributed by atoms with Gasteiger partial charge in [-0.2, -0.15) is 0 Å². The average molecular weight is 565 g/mol. The second-order valence-corrected chi connectivity index (χ2v) is 11.4. The van der Waals surface area contributed by atoms with E-state index in [2.05, 4.69) is 6.92 Å². The maximum Gasteiger partial charge on any atom is 0.338 e. The largest absolute Gasteiger partial charge is 0.494 e. The fraction of sp³-hybridized carbons (Fsp3) is 0.486. The first-order valence-electron chi connectivity index (χ1n) is 15.0. The fourth-order valence-electron chi connectivity index (χ4n) is 5.39. The van der Waals surface area contributed by atoms with Crippen LogP contribution >= 0.6 is 0 Å². The minimum absolute atomic E-state index is 0.0413. The molecule has 222 valence electrons. The van der Waals surface area contributed by atoms with Gasteiger partial charge in [0.15, 0.2) is 5.41 Å². The molecule has 3 atom stereocenters. The van der Waals surface area contributed by atoms with Gasteiger partial charge in [-0.3, -0.25) is 4.79 Å². The molecule has 0 spiro atoms. The van der Waals surface area contributed by atoms with Gasteiger partial charge in [-0.15, -0.1) is 0 Å². The highest BCUT2D eigenvalue weighted by molar-refractivity contribution is 5.97. The molecule has 3 rings (SSSR count). The Kier molecular flexibility index (Phi) is 12.2. The number of benzene rings is 2. The summed E-state index contributed by atoms with van der Waals surface area (Å²) in [6, 6.07) is 13.7. The maximum absolute atomic E-state index is 15.9. The number of esters is 1. The van der Waals surface area contributed by atoms with Crippen LogP contribution in [0.15, 0.2) is 72.6 Å². The molecule has 5 nitrogen and oxygen atoms in total. The van der Waals surface area contributed by atoms with Crippen LogP contribution in [-0.4, -0.2) is 29.8 Å². The third kappa shape index (κ3) is 8.54. The van der Waals surface area contributed by atoms with Crippen LogP contribution in [0, 0.1) is 5.92 Å². The van der Waals surface area contributed by atoms with Crippen LogP contribution in [0.3, 0.4) is 0 Å². The SMILES string of the molecule is CCCCCCCCCOc1ccc(C2C=CC(C(=O)O)(c3ccccc3C(=O)OC(C)CC(C)C)C(F)=C2)cc1. The Morgan fingerprint density at radius 3 is 2.24 bits per heavy atom. The molecule has 0 amide bonds. The van der Waals surface area contributed by atoms with Crippen molar-refractivity contribution in [3.05, 3.63) is 89.3 Å². The summed E-state index contributed by atoms with van der Waals surface area (Å²) >= 11 is 0. The zero-order chi connectivity index (χ0) is 29.8. The Bertz CT molecular complexity index is 1200. The van der Waals surface area contributed by atoms with E-state index in [4.69, 9.17) is 9.47 Å². The first kappa shape index (κ1) is 32.1. The third-order valence-corrected chi connectivity index (χ3v) is 7.56. The summed E-state index contributed by atoms with van der Waals surface area (Å²) in [4.78, 5) is 25.7. The highest BCUT2D eigenvalue weighted by atomic mass is 19.1. The van der Waals surface area contributed by atoms with Gasteiger partial charge in [-0.1, -0.05) is 102 Å². The molecule has 0 fully saturated rings. The van der Waals surface area contributed by atoms with Crippen LogP contribution in [0.1, 0.15) is 106 Å². The van der Waals surface area contributed by atoms with Gasteiger partial charge in [-0.05, 0) is 61.1 Å². The minimum atomic E-state index is -2.12. The van der Waals surface area contributed by atoms with Gasteiger partial charge in [0.1, 0.15) is 11.6 Å². The molecule has 1 aliphatic rings. The molecule has 3 unspecified atom stereocenters. The molecule has 6 heteroatoms. The number of carbonyl (C=O) groups is 2. The lowest BCUT2D eigenvalue weighted by Gasteiger charge is -2.31. The Morgan fingerprint density at radius 1 is 0.951 bits per heavy atom. The number of carbonyl (C=O) groups excluding carboxylic acids is 1. The number of hydrogen-bond donors (Lipinski definition) is 1. The topological polar surface area (TPSA) is 72.8 Å². The van der Waals surface area contributed by atoms with E-state index in [9.17, 15) is 14.7 Å². The van der Waals surface area contributed by atoms with Crippen LogP contribution in [0.5, 0.6) is 5.75 Å². The fourth-order valence-corrected chi connectivity index (χ4v) is 5.39. The predicted molar refractivity (Wildman–Crippen MR) is 161 cm³/mol. The van der Waals surface area contributed by atoms with Gasteiger partial charge in [0, 0.05) is 5.92 Å². The van der Waals surface area contributed by atoms with Crippen molar-refractivity contribution in [2.24, 2.45) is 5.92 Å². The van der Waals surface area contributed by atoms with E-state index in [1.807, 2.05) is 38.1 Å². The van der Waals surface area contributed by atoms with Crippen LogP contribution in [-0.2, 0) is 14.9 Å². The monoisotopic (exact) mass is 564 g/mol. The van der Waals surface area contributed by atoms with Gasteiger partial charge in [0.2, 0.25) is 0 Å². The summed E-state index contributed by atoms with van der Waals surface area (Å²) in [6.07, 6.45) is 13.2. The molecule has 0 heterocycles. The van der Waals surface area contributed by atoms with Crippen molar-refractivity contribution in [3.8, 4) is 5.75 Å². The van der Waals surface area contributed by atoms with Crippen molar-refractivity contribution in [2.45, 2.75) is 96.5 Å². The lowest BCUT2D eigenvalue weighted by atomic mass is 9.72. The Balaban J connectivity index is 1.71. The Hall–Kier alpha value is -3.41. The Labute approximate surface area is 244 Å². The number of carboxylic acid groups (broad SMARTS) is 1. The highest BCUT2D eigenvalue weighted by Gasteiger charge is 2.47. The molecule has 41 heavy (non-hydrogen) atoms. The number of aliphatic carboxylic acids is 1. The number of hydrogen-bond acceptors (Lipinski definition) is 4. The molecular weight excluding hydrogens is 519 g/mol. The zero-order valence-corrected chi connectivity index (χ0v) is 24.9. The number of ether oxygens (including phenoxy) is 2. The number of rotatable bonds is 16. The second-order valence-electron chi connectivity index (χ2n) is 11.4. The zero-order valence-electron chi connectivity index (χ0n) is 24.9. The summed E-state index contributed by atoms with van der Waals surface area (Å²) in [6.45, 7) is 8.73. The van der Waals surface area contributed by atoms with E-state index < -0.39 is 29.1 Å². The van der Waals surface area contributed by atoms with Crippen LogP contribution in [0.2, 0.25) is 0 Å². The van der Waals surface area contributed by atoms with Crippen molar-refractivity contribution in [1.82, 2.24) is 0 Å². The normalized spacial score (nSPS) is 19.1. The van der Waals surface area contributed by atoms with E-state index in [-0.39, 0.29) is 17.2 Å². The van der Waals surface area contributed by atoms with Crippen molar-refractivity contribution in [2.75, 3.05) is 6.61 Å².